The number of hydrogen-bond acceptors (Lipinski definition) is 4. The fourth-order valence-corrected chi connectivity index (χ4v) is 4.61. The average molecular weight is 474 g/mol. The number of rotatable bonds is 15. The number of carbonyl (C=O) groups excluding carboxylic acids is 1. The van der Waals surface area contributed by atoms with Crippen molar-refractivity contribution < 1.29 is 9.53 Å². The van der Waals surface area contributed by atoms with E-state index in [1.165, 1.54) is 51.4 Å². The molecule has 1 unspecified atom stereocenters. The minimum Gasteiger partial charge on any atom is -0.374 e. The number of amides is 1. The molecule has 0 bridgehead atoms. The van der Waals surface area contributed by atoms with E-state index in [0.717, 1.165) is 44.0 Å². The Morgan fingerprint density at radius 1 is 1.18 bits per heavy atom. The van der Waals surface area contributed by atoms with Gasteiger partial charge >= 0.3 is 0 Å². The zero-order chi connectivity index (χ0) is 25.4. The summed E-state index contributed by atoms with van der Waals surface area (Å²) in [5.74, 6) is 1.50. The monoisotopic (exact) mass is 473 g/mol. The molecule has 0 aliphatic heterocycles. The molecule has 0 heterocycles. The number of nitrogens with two attached hydrogens (primary N) is 1. The predicted octanol–water partition coefficient (Wildman–Crippen LogP) is 5.12. The fourth-order valence-electron chi connectivity index (χ4n) is 4.61. The van der Waals surface area contributed by atoms with Crippen LogP contribution >= 0.6 is 0 Å². The summed E-state index contributed by atoms with van der Waals surface area (Å²) in [6, 6.07) is 0. The van der Waals surface area contributed by atoms with E-state index >= 15 is 0 Å². The van der Waals surface area contributed by atoms with E-state index in [-0.39, 0.29) is 17.6 Å². The smallest absolute Gasteiger partial charge is 0.251 e. The van der Waals surface area contributed by atoms with Gasteiger partial charge in [0.05, 0.1) is 18.2 Å². The Morgan fingerprint density at radius 3 is 2.38 bits per heavy atom. The summed E-state index contributed by atoms with van der Waals surface area (Å²) in [7, 11) is 0. The summed E-state index contributed by atoms with van der Waals surface area (Å²) in [5.41, 5.74) is 7.35. The molecule has 194 valence electrons. The Balaban J connectivity index is 0.00000281. The number of ether oxygens (including phenoxy) is 1. The minimum atomic E-state index is -0.162. The molecule has 2 aliphatic rings. The summed E-state index contributed by atoms with van der Waals surface area (Å²) < 4.78 is 5.97. The van der Waals surface area contributed by atoms with Gasteiger partial charge in [-0.15, -0.1) is 12.8 Å². The molecule has 0 spiro atoms. The molecular formula is C29H51N3O2. The molecule has 4 N–H and O–H groups in total. The van der Waals surface area contributed by atoms with Gasteiger partial charge in [0.25, 0.3) is 5.91 Å². The molecule has 2 rings (SSSR count). The highest BCUT2D eigenvalue weighted by molar-refractivity contribution is 5.97. The quantitative estimate of drug-likeness (QED) is 0.134. The molecule has 0 aromatic heterocycles. The molecule has 2 fully saturated rings. The topological polar surface area (TPSA) is 76.4 Å². The van der Waals surface area contributed by atoms with Crippen LogP contribution in [-0.4, -0.2) is 43.8 Å². The predicted molar refractivity (Wildman–Crippen MR) is 144 cm³/mol. The molecule has 0 aromatic carbocycles. The molecule has 0 aromatic rings. The van der Waals surface area contributed by atoms with Crippen LogP contribution in [0.3, 0.4) is 0 Å². The van der Waals surface area contributed by atoms with Crippen LogP contribution in [0.1, 0.15) is 91.9 Å². The minimum absolute atomic E-state index is 0.00312. The number of hydrogen-bond donors (Lipinski definition) is 3. The second-order valence-corrected chi connectivity index (χ2v) is 10.2. The molecule has 0 radical (unpaired) electrons. The summed E-state index contributed by atoms with van der Waals surface area (Å²) in [6.07, 6.45) is 23.7. The highest BCUT2D eigenvalue weighted by Crippen LogP contribution is 2.30. The maximum Gasteiger partial charge on any atom is 0.251 e. The van der Waals surface area contributed by atoms with E-state index in [1.54, 1.807) is 0 Å². The molecular weight excluding hydrogens is 422 g/mol. The van der Waals surface area contributed by atoms with Crippen molar-refractivity contribution in [1.29, 1.82) is 0 Å². The van der Waals surface area contributed by atoms with Crippen LogP contribution in [-0.2, 0) is 9.53 Å². The Hall–Kier alpha value is -1.61. The lowest BCUT2D eigenvalue weighted by molar-refractivity contribution is -0.119. The van der Waals surface area contributed by atoms with Crippen LogP contribution in [0, 0.1) is 24.7 Å². The molecule has 5 heteroatoms. The highest BCUT2D eigenvalue weighted by atomic mass is 16.5. The van der Waals surface area contributed by atoms with Crippen molar-refractivity contribution in [3.8, 4) is 12.8 Å². The number of nitrogens with one attached hydrogen (secondary N) is 2. The molecule has 1 amide bonds. The van der Waals surface area contributed by atoms with Gasteiger partial charge < -0.3 is 21.1 Å². The lowest BCUT2D eigenvalue weighted by Gasteiger charge is -2.39. The van der Waals surface area contributed by atoms with Crippen LogP contribution in [0.15, 0.2) is 23.3 Å². The first kappa shape index (κ1) is 30.4. The standard InChI is InChI=1S/C27H49N3O2.C2H2/c1-5-23(6-2)12-15-29-20-27(13-8-7-9-14-27)30-26(31)25(16-21(3)18-28)17-22(4)32-19-24-10-11-24;1-2/h16-17,22-24,29H,5-15,18-20,28H2,1-4H3,(H,30,31);1-2H/b21-16-,25-17?;. The van der Waals surface area contributed by atoms with Crippen molar-refractivity contribution in [2.24, 2.45) is 17.6 Å². The van der Waals surface area contributed by atoms with Crippen molar-refractivity contribution in [3.63, 3.8) is 0 Å². The average Bonchev–Trinajstić information content (AvgIpc) is 3.69. The molecule has 34 heavy (non-hydrogen) atoms. The van der Waals surface area contributed by atoms with Crippen molar-refractivity contribution in [2.75, 3.05) is 26.2 Å². The number of carbonyl (C=O) groups is 1. The van der Waals surface area contributed by atoms with E-state index < -0.39 is 0 Å². The summed E-state index contributed by atoms with van der Waals surface area (Å²) in [5, 5.41) is 7.13. The van der Waals surface area contributed by atoms with E-state index in [2.05, 4.69) is 37.3 Å². The van der Waals surface area contributed by atoms with Crippen LogP contribution in [0.4, 0.5) is 0 Å². The van der Waals surface area contributed by atoms with Crippen LogP contribution in [0.2, 0.25) is 0 Å². The molecule has 2 aliphatic carbocycles. The van der Waals surface area contributed by atoms with E-state index in [4.69, 9.17) is 10.5 Å². The molecule has 1 atom stereocenters. The Kier molecular flexibility index (Phi) is 15.1. The van der Waals surface area contributed by atoms with Gasteiger partial charge in [-0.25, -0.2) is 0 Å². The second kappa shape index (κ2) is 16.9. The fraction of sp³-hybridized carbons (Fsp3) is 0.759. The van der Waals surface area contributed by atoms with E-state index in [9.17, 15) is 4.79 Å². The lowest BCUT2D eigenvalue weighted by Crippen LogP contribution is -2.56. The van der Waals surface area contributed by atoms with Gasteiger partial charge in [0.15, 0.2) is 0 Å². The van der Waals surface area contributed by atoms with Gasteiger partial charge in [-0.1, -0.05) is 51.5 Å². The lowest BCUT2D eigenvalue weighted by atomic mass is 9.81. The summed E-state index contributed by atoms with van der Waals surface area (Å²) in [4.78, 5) is 13.4. The van der Waals surface area contributed by atoms with Crippen LogP contribution in [0.25, 0.3) is 0 Å². The van der Waals surface area contributed by atoms with E-state index in [1.807, 2.05) is 26.0 Å². The third-order valence-electron chi connectivity index (χ3n) is 7.23. The van der Waals surface area contributed by atoms with Gasteiger partial charge in [0.1, 0.15) is 0 Å². The normalized spacial score (nSPS) is 19.3. The third kappa shape index (κ3) is 11.7. The first-order valence-electron chi connectivity index (χ1n) is 13.5. The largest absolute Gasteiger partial charge is 0.374 e. The second-order valence-electron chi connectivity index (χ2n) is 10.2. The van der Waals surface area contributed by atoms with Crippen LogP contribution < -0.4 is 16.4 Å². The van der Waals surface area contributed by atoms with Gasteiger partial charge in [0.2, 0.25) is 0 Å². The Labute approximate surface area is 209 Å². The van der Waals surface area contributed by atoms with Gasteiger partial charge in [0, 0.05) is 18.7 Å². The first-order chi connectivity index (χ1) is 16.4. The molecule has 2 saturated carbocycles. The molecule has 5 nitrogen and oxygen atoms in total. The highest BCUT2D eigenvalue weighted by Gasteiger charge is 2.34. The van der Waals surface area contributed by atoms with Crippen molar-refractivity contribution in [1.82, 2.24) is 10.6 Å². The summed E-state index contributed by atoms with van der Waals surface area (Å²) >= 11 is 0. The maximum atomic E-state index is 13.4. The van der Waals surface area contributed by atoms with E-state index in [0.29, 0.717) is 18.0 Å². The Morgan fingerprint density at radius 2 is 1.82 bits per heavy atom. The summed E-state index contributed by atoms with van der Waals surface area (Å²) in [6.45, 7) is 11.7. The molecule has 0 saturated heterocycles. The maximum absolute atomic E-state index is 13.4. The van der Waals surface area contributed by atoms with Gasteiger partial charge in [-0.3, -0.25) is 4.79 Å². The zero-order valence-electron chi connectivity index (χ0n) is 22.3. The van der Waals surface area contributed by atoms with Crippen molar-refractivity contribution >= 4 is 5.91 Å². The van der Waals surface area contributed by atoms with Gasteiger partial charge in [-0.2, -0.15) is 0 Å². The first-order valence-corrected chi connectivity index (χ1v) is 13.5. The number of terminal acetylenes is 1. The van der Waals surface area contributed by atoms with Gasteiger partial charge in [-0.05, 0) is 76.5 Å². The van der Waals surface area contributed by atoms with Crippen molar-refractivity contribution in [3.05, 3.63) is 23.3 Å². The third-order valence-corrected chi connectivity index (χ3v) is 7.23. The Bertz CT molecular complexity index is 654. The van der Waals surface area contributed by atoms with Crippen LogP contribution in [0.5, 0.6) is 0 Å². The zero-order valence-corrected chi connectivity index (χ0v) is 22.3. The SMILES string of the molecule is C#C.CCC(CC)CCNCC1(NC(=O)C(=CC(C)OCC2CC2)/C=C(/C)CN)CCCCC1. The van der Waals surface area contributed by atoms with Crippen molar-refractivity contribution in [2.45, 2.75) is 104 Å².